The standard InChI is InChI=1S/C21H24N2O5S/c1-27-18-4-2-3-15-9-14-28-21(19(15)18)10-12-23(13-11-21)29(25,26)17-7-5-16(6-8-17)20(22)24/h2-8H,9-14H2,1H3,(H2,22,24). The van der Waals surface area contributed by atoms with E-state index in [0.717, 1.165) is 17.7 Å². The number of rotatable bonds is 4. The molecule has 1 saturated heterocycles. The number of nitrogens with two attached hydrogens (primary N) is 1. The lowest BCUT2D eigenvalue weighted by atomic mass is 9.79. The van der Waals surface area contributed by atoms with Crippen molar-refractivity contribution in [3.8, 4) is 5.75 Å². The maximum absolute atomic E-state index is 13.1. The molecule has 29 heavy (non-hydrogen) atoms. The quantitative estimate of drug-likeness (QED) is 0.822. The Morgan fingerprint density at radius 2 is 1.83 bits per heavy atom. The molecule has 8 heteroatoms. The first-order valence-corrected chi connectivity index (χ1v) is 11.0. The minimum absolute atomic E-state index is 0.154. The van der Waals surface area contributed by atoms with Gasteiger partial charge in [-0.25, -0.2) is 8.42 Å². The van der Waals surface area contributed by atoms with Crippen LogP contribution in [0.3, 0.4) is 0 Å². The Balaban J connectivity index is 1.58. The predicted octanol–water partition coefficient (Wildman–Crippen LogP) is 2.05. The summed E-state index contributed by atoms with van der Waals surface area (Å²) in [7, 11) is -2.01. The van der Waals surface area contributed by atoms with Crippen molar-refractivity contribution >= 4 is 15.9 Å². The van der Waals surface area contributed by atoms with E-state index in [4.69, 9.17) is 15.2 Å². The first-order valence-electron chi connectivity index (χ1n) is 9.58. The van der Waals surface area contributed by atoms with Gasteiger partial charge in [0.05, 0.1) is 24.2 Å². The van der Waals surface area contributed by atoms with Crippen LogP contribution in [0.1, 0.15) is 34.3 Å². The van der Waals surface area contributed by atoms with Gasteiger partial charge in [-0.2, -0.15) is 4.31 Å². The molecule has 7 nitrogen and oxygen atoms in total. The van der Waals surface area contributed by atoms with Crippen LogP contribution < -0.4 is 10.5 Å². The molecule has 2 aromatic rings. The number of carbonyl (C=O) groups is 1. The van der Waals surface area contributed by atoms with Crippen molar-refractivity contribution < 1.29 is 22.7 Å². The summed E-state index contributed by atoms with van der Waals surface area (Å²) in [6.45, 7) is 1.30. The van der Waals surface area contributed by atoms with Gasteiger partial charge in [-0.3, -0.25) is 4.79 Å². The van der Waals surface area contributed by atoms with Gasteiger partial charge in [0.15, 0.2) is 0 Å². The van der Waals surface area contributed by atoms with E-state index >= 15 is 0 Å². The fraction of sp³-hybridized carbons (Fsp3) is 0.381. The van der Waals surface area contributed by atoms with Crippen molar-refractivity contribution in [2.45, 2.75) is 29.8 Å². The summed E-state index contributed by atoms with van der Waals surface area (Å²) in [6.07, 6.45) is 1.93. The van der Waals surface area contributed by atoms with Crippen LogP contribution >= 0.6 is 0 Å². The van der Waals surface area contributed by atoms with E-state index < -0.39 is 21.5 Å². The van der Waals surface area contributed by atoms with Crippen LogP contribution in [0.25, 0.3) is 0 Å². The lowest BCUT2D eigenvalue weighted by Gasteiger charge is -2.45. The van der Waals surface area contributed by atoms with Gasteiger partial charge in [0.1, 0.15) is 5.75 Å². The monoisotopic (exact) mass is 416 g/mol. The zero-order valence-electron chi connectivity index (χ0n) is 16.3. The van der Waals surface area contributed by atoms with Gasteiger partial charge in [-0.15, -0.1) is 0 Å². The number of nitrogens with zero attached hydrogens (tertiary/aromatic N) is 1. The normalized spacial score (nSPS) is 18.9. The molecule has 1 spiro atoms. The Morgan fingerprint density at radius 1 is 1.14 bits per heavy atom. The van der Waals surface area contributed by atoms with Gasteiger partial charge >= 0.3 is 0 Å². The molecule has 2 aliphatic rings. The molecule has 0 radical (unpaired) electrons. The highest BCUT2D eigenvalue weighted by Crippen LogP contribution is 2.46. The lowest BCUT2D eigenvalue weighted by Crippen LogP contribution is -2.48. The molecule has 2 N–H and O–H groups in total. The van der Waals surface area contributed by atoms with Crippen LogP contribution in [0.5, 0.6) is 5.75 Å². The molecule has 0 unspecified atom stereocenters. The molecule has 0 saturated carbocycles. The zero-order chi connectivity index (χ0) is 20.6. The van der Waals surface area contributed by atoms with Crippen molar-refractivity contribution in [2.24, 2.45) is 5.73 Å². The first kappa shape index (κ1) is 19.9. The van der Waals surface area contributed by atoms with Crippen LogP contribution in [0.4, 0.5) is 0 Å². The Labute approximate surface area is 170 Å². The summed E-state index contributed by atoms with van der Waals surface area (Å²) in [5.74, 6) is 0.205. The second-order valence-electron chi connectivity index (χ2n) is 7.38. The molecule has 1 amide bonds. The number of hydrogen-bond donors (Lipinski definition) is 1. The Hall–Kier alpha value is -2.42. The second kappa shape index (κ2) is 7.44. The number of hydrogen-bond acceptors (Lipinski definition) is 5. The number of amides is 1. The van der Waals surface area contributed by atoms with Crippen LogP contribution in [0.15, 0.2) is 47.4 Å². The summed E-state index contributed by atoms with van der Waals surface area (Å²) >= 11 is 0. The average Bonchev–Trinajstić information content (AvgIpc) is 2.74. The van der Waals surface area contributed by atoms with Gasteiger partial charge in [0.2, 0.25) is 15.9 Å². The third kappa shape index (κ3) is 3.41. The zero-order valence-corrected chi connectivity index (χ0v) is 17.1. The van der Waals surface area contributed by atoms with Crippen LogP contribution in [0, 0.1) is 0 Å². The number of benzene rings is 2. The number of primary amides is 1. The summed E-state index contributed by atoms with van der Waals surface area (Å²) in [6, 6.07) is 11.7. The van der Waals surface area contributed by atoms with Crippen molar-refractivity contribution in [3.63, 3.8) is 0 Å². The van der Waals surface area contributed by atoms with Gasteiger partial charge in [0, 0.05) is 24.2 Å². The fourth-order valence-corrected chi connectivity index (χ4v) is 5.76. The molecule has 0 aliphatic carbocycles. The van der Waals surface area contributed by atoms with E-state index in [1.165, 1.54) is 34.1 Å². The first-order chi connectivity index (χ1) is 13.9. The molecular weight excluding hydrogens is 392 g/mol. The van der Waals surface area contributed by atoms with Gasteiger partial charge in [-0.05, 0) is 55.2 Å². The van der Waals surface area contributed by atoms with Crippen molar-refractivity contribution in [3.05, 3.63) is 59.2 Å². The van der Waals surface area contributed by atoms with Crippen LogP contribution in [-0.4, -0.2) is 45.4 Å². The molecule has 1 fully saturated rings. The summed E-state index contributed by atoms with van der Waals surface area (Å²) < 4.78 is 39.4. The Kier molecular flexibility index (Phi) is 5.10. The minimum atomic E-state index is -3.66. The van der Waals surface area contributed by atoms with Gasteiger partial charge in [0.25, 0.3) is 0 Å². The SMILES string of the molecule is COc1cccc2c1C1(CCN(S(=O)(=O)c3ccc(C(N)=O)cc3)CC1)OCC2. The van der Waals surface area contributed by atoms with E-state index in [1.54, 1.807) is 7.11 Å². The average molecular weight is 416 g/mol. The van der Waals surface area contributed by atoms with Crippen LogP contribution in [-0.2, 0) is 26.8 Å². The third-order valence-corrected chi connectivity index (χ3v) is 7.76. The van der Waals surface area contributed by atoms with Crippen molar-refractivity contribution in [2.75, 3.05) is 26.8 Å². The lowest BCUT2D eigenvalue weighted by molar-refractivity contribution is -0.0904. The minimum Gasteiger partial charge on any atom is -0.496 e. The van der Waals surface area contributed by atoms with Gasteiger partial charge < -0.3 is 15.2 Å². The highest BCUT2D eigenvalue weighted by atomic mass is 32.2. The molecule has 0 atom stereocenters. The van der Waals surface area contributed by atoms with E-state index in [1.807, 2.05) is 12.1 Å². The van der Waals surface area contributed by atoms with E-state index in [0.29, 0.717) is 32.5 Å². The van der Waals surface area contributed by atoms with Crippen molar-refractivity contribution in [1.29, 1.82) is 0 Å². The number of methoxy groups -OCH3 is 1. The predicted molar refractivity (Wildman–Crippen MR) is 107 cm³/mol. The molecule has 0 bridgehead atoms. The van der Waals surface area contributed by atoms with Crippen molar-refractivity contribution in [1.82, 2.24) is 4.31 Å². The maximum atomic E-state index is 13.1. The molecule has 0 aromatic heterocycles. The smallest absolute Gasteiger partial charge is 0.248 e. The summed E-state index contributed by atoms with van der Waals surface area (Å²) in [4.78, 5) is 11.4. The number of ether oxygens (including phenoxy) is 2. The van der Waals surface area contributed by atoms with Gasteiger partial charge in [-0.1, -0.05) is 12.1 Å². The Bertz CT molecular complexity index is 1010. The molecule has 154 valence electrons. The highest BCUT2D eigenvalue weighted by Gasteiger charge is 2.45. The van der Waals surface area contributed by atoms with E-state index in [9.17, 15) is 13.2 Å². The Morgan fingerprint density at radius 3 is 2.45 bits per heavy atom. The summed E-state index contributed by atoms with van der Waals surface area (Å²) in [5, 5.41) is 0. The second-order valence-corrected chi connectivity index (χ2v) is 9.32. The molecule has 2 heterocycles. The van der Waals surface area contributed by atoms with Crippen LogP contribution in [0.2, 0.25) is 0 Å². The fourth-order valence-electron chi connectivity index (χ4n) is 4.32. The van der Waals surface area contributed by atoms with E-state index in [2.05, 4.69) is 6.07 Å². The summed E-state index contributed by atoms with van der Waals surface area (Å²) in [5.41, 5.74) is 7.24. The third-order valence-electron chi connectivity index (χ3n) is 5.84. The highest BCUT2D eigenvalue weighted by molar-refractivity contribution is 7.89. The largest absolute Gasteiger partial charge is 0.496 e. The van der Waals surface area contributed by atoms with E-state index in [-0.39, 0.29) is 10.5 Å². The molecule has 2 aromatic carbocycles. The topological polar surface area (TPSA) is 98.9 Å². The number of carbonyl (C=O) groups excluding carboxylic acids is 1. The number of fused-ring (bicyclic) bond motifs is 2. The number of sulfonamides is 1. The number of piperidine rings is 1. The maximum Gasteiger partial charge on any atom is 0.248 e. The molecular formula is C21H24N2O5S. The molecule has 2 aliphatic heterocycles. The molecule has 4 rings (SSSR count).